The Balaban J connectivity index is 1.52. The highest BCUT2D eigenvalue weighted by molar-refractivity contribution is 5.97. The summed E-state index contributed by atoms with van der Waals surface area (Å²) in [5.41, 5.74) is 0.951. The molecule has 1 heterocycles. The first-order valence-electron chi connectivity index (χ1n) is 11.3. The molecule has 1 fully saturated rings. The van der Waals surface area contributed by atoms with E-state index in [4.69, 9.17) is 9.47 Å². The molecule has 34 heavy (non-hydrogen) atoms. The van der Waals surface area contributed by atoms with E-state index in [1.807, 2.05) is 0 Å². The van der Waals surface area contributed by atoms with Gasteiger partial charge >= 0.3 is 12.1 Å². The maximum absolute atomic E-state index is 12.8. The van der Waals surface area contributed by atoms with Gasteiger partial charge in [0.05, 0.1) is 6.61 Å². The van der Waals surface area contributed by atoms with Gasteiger partial charge in [-0.1, -0.05) is 48.5 Å². The van der Waals surface area contributed by atoms with E-state index >= 15 is 0 Å². The summed E-state index contributed by atoms with van der Waals surface area (Å²) in [6.07, 6.45) is 0.807. The van der Waals surface area contributed by atoms with Gasteiger partial charge in [-0.3, -0.25) is 9.59 Å². The molecule has 9 heteroatoms. The van der Waals surface area contributed by atoms with Gasteiger partial charge in [-0.05, 0) is 37.5 Å². The molecule has 9 nitrogen and oxygen atoms in total. The fourth-order valence-electron chi connectivity index (χ4n) is 3.64. The standard InChI is InChI=1S/C25H29N3O6/c1-2-33-25(32)28-15-13-20(14-16-28)26-21(29)17-34-24(31)22(18-9-5-3-6-10-18)27-23(30)19-11-7-4-8-12-19/h3-12,20,22H,2,13-17H2,1H3,(H,26,29)(H,27,30). The number of esters is 1. The molecule has 0 aliphatic carbocycles. The Hall–Kier alpha value is -3.88. The molecule has 0 bridgehead atoms. The predicted octanol–water partition coefficient (Wildman–Crippen LogP) is 2.44. The largest absolute Gasteiger partial charge is 0.454 e. The second-order valence-electron chi connectivity index (χ2n) is 7.82. The van der Waals surface area contributed by atoms with Crippen LogP contribution >= 0.6 is 0 Å². The van der Waals surface area contributed by atoms with Gasteiger partial charge in [-0.2, -0.15) is 0 Å². The minimum absolute atomic E-state index is 0.125. The number of carbonyl (C=O) groups is 4. The third-order valence-electron chi connectivity index (χ3n) is 5.41. The van der Waals surface area contributed by atoms with Gasteiger partial charge in [0.15, 0.2) is 12.6 Å². The zero-order chi connectivity index (χ0) is 24.3. The molecule has 3 rings (SSSR count). The molecule has 0 spiro atoms. The van der Waals surface area contributed by atoms with Crippen LogP contribution in [0.3, 0.4) is 0 Å². The molecule has 2 aromatic rings. The third kappa shape index (κ3) is 7.06. The molecular weight excluding hydrogens is 438 g/mol. The second kappa shape index (κ2) is 12.4. The average Bonchev–Trinajstić information content (AvgIpc) is 2.87. The highest BCUT2D eigenvalue weighted by Gasteiger charge is 2.27. The smallest absolute Gasteiger partial charge is 0.409 e. The Morgan fingerprint density at radius 1 is 0.941 bits per heavy atom. The number of hydrogen-bond acceptors (Lipinski definition) is 6. The van der Waals surface area contributed by atoms with Crippen molar-refractivity contribution in [3.8, 4) is 0 Å². The van der Waals surface area contributed by atoms with Crippen molar-refractivity contribution in [2.45, 2.75) is 31.8 Å². The van der Waals surface area contributed by atoms with Crippen molar-refractivity contribution in [3.05, 3.63) is 71.8 Å². The number of piperidine rings is 1. The molecule has 1 saturated heterocycles. The fraction of sp³-hybridized carbons (Fsp3) is 0.360. The van der Waals surface area contributed by atoms with Gasteiger partial charge < -0.3 is 25.0 Å². The van der Waals surface area contributed by atoms with Crippen LogP contribution in [0.25, 0.3) is 0 Å². The highest BCUT2D eigenvalue weighted by Crippen LogP contribution is 2.16. The first-order valence-corrected chi connectivity index (χ1v) is 11.3. The minimum atomic E-state index is -1.06. The molecule has 1 aliphatic rings. The van der Waals surface area contributed by atoms with Crippen LogP contribution in [0.1, 0.15) is 41.7 Å². The molecule has 0 aromatic heterocycles. The van der Waals surface area contributed by atoms with E-state index in [2.05, 4.69) is 10.6 Å². The van der Waals surface area contributed by atoms with Gasteiger partial charge in [-0.25, -0.2) is 9.59 Å². The molecule has 3 amide bonds. The number of carbonyl (C=O) groups excluding carboxylic acids is 4. The predicted molar refractivity (Wildman–Crippen MR) is 124 cm³/mol. The Labute approximate surface area is 198 Å². The van der Waals surface area contributed by atoms with E-state index in [0.29, 0.717) is 43.7 Å². The zero-order valence-electron chi connectivity index (χ0n) is 19.1. The summed E-state index contributed by atoms with van der Waals surface area (Å²) >= 11 is 0. The molecule has 1 unspecified atom stereocenters. The fourth-order valence-corrected chi connectivity index (χ4v) is 3.64. The topological polar surface area (TPSA) is 114 Å². The van der Waals surface area contributed by atoms with Crippen LogP contribution in [0.15, 0.2) is 60.7 Å². The van der Waals surface area contributed by atoms with Crippen LogP contribution in [0.2, 0.25) is 0 Å². The number of rotatable bonds is 8. The quantitative estimate of drug-likeness (QED) is 0.577. The molecule has 180 valence electrons. The Morgan fingerprint density at radius 2 is 1.56 bits per heavy atom. The summed E-state index contributed by atoms with van der Waals surface area (Å²) in [6, 6.07) is 16.0. The Bertz CT molecular complexity index is 975. The Kier molecular flexibility index (Phi) is 9.02. The summed E-state index contributed by atoms with van der Waals surface area (Å²) < 4.78 is 10.2. The molecule has 1 aliphatic heterocycles. The van der Waals surface area contributed by atoms with Crippen LogP contribution in [0.4, 0.5) is 4.79 Å². The molecule has 0 saturated carbocycles. The molecule has 2 aromatic carbocycles. The van der Waals surface area contributed by atoms with E-state index in [1.54, 1.807) is 72.5 Å². The van der Waals surface area contributed by atoms with Crippen molar-refractivity contribution in [1.29, 1.82) is 0 Å². The molecule has 1 atom stereocenters. The number of nitrogens with zero attached hydrogens (tertiary/aromatic N) is 1. The van der Waals surface area contributed by atoms with Crippen molar-refractivity contribution >= 4 is 23.9 Å². The van der Waals surface area contributed by atoms with Crippen LogP contribution in [0, 0.1) is 0 Å². The zero-order valence-corrected chi connectivity index (χ0v) is 19.1. The lowest BCUT2D eigenvalue weighted by Gasteiger charge is -2.31. The summed E-state index contributed by atoms with van der Waals surface area (Å²) in [7, 11) is 0. The van der Waals surface area contributed by atoms with Crippen molar-refractivity contribution in [2.24, 2.45) is 0 Å². The lowest BCUT2D eigenvalue weighted by molar-refractivity contribution is -0.150. The lowest BCUT2D eigenvalue weighted by Crippen LogP contribution is -2.47. The maximum atomic E-state index is 12.8. The maximum Gasteiger partial charge on any atom is 0.409 e. The average molecular weight is 468 g/mol. The first kappa shape index (κ1) is 24.8. The number of likely N-dealkylation sites (tertiary alicyclic amines) is 1. The number of amides is 3. The summed E-state index contributed by atoms with van der Waals surface area (Å²) in [6.45, 7) is 2.55. The van der Waals surface area contributed by atoms with Crippen molar-refractivity contribution in [1.82, 2.24) is 15.5 Å². The highest BCUT2D eigenvalue weighted by atomic mass is 16.6. The SMILES string of the molecule is CCOC(=O)N1CCC(NC(=O)COC(=O)C(NC(=O)c2ccccc2)c2ccccc2)CC1. The van der Waals surface area contributed by atoms with Crippen molar-refractivity contribution in [3.63, 3.8) is 0 Å². The molecule has 0 radical (unpaired) electrons. The Morgan fingerprint density at radius 3 is 2.18 bits per heavy atom. The number of ether oxygens (including phenoxy) is 2. The van der Waals surface area contributed by atoms with Crippen LogP contribution in [-0.4, -0.2) is 61.1 Å². The third-order valence-corrected chi connectivity index (χ3v) is 5.41. The first-order chi connectivity index (χ1) is 16.5. The van der Waals surface area contributed by atoms with Crippen LogP contribution in [0.5, 0.6) is 0 Å². The summed E-state index contributed by atoms with van der Waals surface area (Å²) in [5.74, 6) is -1.60. The van der Waals surface area contributed by atoms with Gasteiger partial charge in [0.25, 0.3) is 11.8 Å². The van der Waals surface area contributed by atoms with Crippen LogP contribution < -0.4 is 10.6 Å². The summed E-state index contributed by atoms with van der Waals surface area (Å²) in [4.78, 5) is 51.2. The minimum Gasteiger partial charge on any atom is -0.454 e. The van der Waals surface area contributed by atoms with Gasteiger partial charge in [0.1, 0.15) is 0 Å². The van der Waals surface area contributed by atoms with Crippen molar-refractivity contribution in [2.75, 3.05) is 26.3 Å². The lowest BCUT2D eigenvalue weighted by atomic mass is 10.1. The van der Waals surface area contributed by atoms with Gasteiger partial charge in [-0.15, -0.1) is 0 Å². The summed E-state index contributed by atoms with van der Waals surface area (Å²) in [5, 5.41) is 5.51. The van der Waals surface area contributed by atoms with Crippen LogP contribution in [-0.2, 0) is 19.1 Å². The number of nitrogens with one attached hydrogen (secondary N) is 2. The van der Waals surface area contributed by atoms with E-state index in [-0.39, 0.29) is 12.1 Å². The van der Waals surface area contributed by atoms with E-state index in [9.17, 15) is 19.2 Å². The van der Waals surface area contributed by atoms with E-state index < -0.39 is 30.4 Å². The van der Waals surface area contributed by atoms with Gasteiger partial charge in [0, 0.05) is 24.7 Å². The van der Waals surface area contributed by atoms with Crippen molar-refractivity contribution < 1.29 is 28.7 Å². The normalized spacial score (nSPS) is 14.6. The van der Waals surface area contributed by atoms with E-state index in [1.165, 1.54) is 0 Å². The van der Waals surface area contributed by atoms with Gasteiger partial charge in [0.2, 0.25) is 0 Å². The molecular formula is C25H29N3O6. The molecule has 2 N–H and O–H groups in total. The monoisotopic (exact) mass is 467 g/mol. The number of benzene rings is 2. The van der Waals surface area contributed by atoms with E-state index in [0.717, 1.165) is 0 Å². The second-order valence-corrected chi connectivity index (χ2v) is 7.82. The number of hydrogen-bond donors (Lipinski definition) is 2.